The Labute approximate surface area is 121 Å². The maximum atomic E-state index is 6.19. The minimum Gasteiger partial charge on any atom is -0.329 e. The van der Waals surface area contributed by atoms with E-state index in [0.717, 1.165) is 12.5 Å². The summed E-state index contributed by atoms with van der Waals surface area (Å²) < 4.78 is 0. The Balaban J connectivity index is 2.53. The summed E-state index contributed by atoms with van der Waals surface area (Å²) in [4.78, 5) is 2.59. The van der Waals surface area contributed by atoms with E-state index in [9.17, 15) is 0 Å². The highest BCUT2D eigenvalue weighted by Gasteiger charge is 2.35. The van der Waals surface area contributed by atoms with Gasteiger partial charge in [-0.3, -0.25) is 4.90 Å². The SMILES string of the molecule is CCCCCN(C)C1(CN)CCCC(CCC)CC1. The molecule has 0 aliphatic heterocycles. The van der Waals surface area contributed by atoms with Crippen LogP contribution in [0, 0.1) is 5.92 Å². The summed E-state index contributed by atoms with van der Waals surface area (Å²) in [6, 6.07) is 0. The van der Waals surface area contributed by atoms with E-state index in [1.165, 1.54) is 70.8 Å². The minimum absolute atomic E-state index is 0.302. The van der Waals surface area contributed by atoms with Crippen LogP contribution in [0.4, 0.5) is 0 Å². The zero-order valence-corrected chi connectivity index (χ0v) is 13.6. The Morgan fingerprint density at radius 1 is 1.11 bits per heavy atom. The minimum atomic E-state index is 0.302. The molecule has 1 aliphatic carbocycles. The molecule has 2 atom stereocenters. The van der Waals surface area contributed by atoms with Gasteiger partial charge >= 0.3 is 0 Å². The molecule has 2 unspecified atom stereocenters. The molecule has 0 spiro atoms. The number of unbranched alkanes of at least 4 members (excludes halogenated alkanes) is 2. The van der Waals surface area contributed by atoms with E-state index in [1.807, 2.05) is 0 Å². The van der Waals surface area contributed by atoms with Crippen LogP contribution < -0.4 is 5.73 Å². The van der Waals surface area contributed by atoms with E-state index in [1.54, 1.807) is 0 Å². The number of hydrogen-bond donors (Lipinski definition) is 1. The molecule has 2 nitrogen and oxygen atoms in total. The highest BCUT2D eigenvalue weighted by Crippen LogP contribution is 2.35. The summed E-state index contributed by atoms with van der Waals surface area (Å²) >= 11 is 0. The third kappa shape index (κ3) is 5.07. The number of nitrogens with two attached hydrogens (primary N) is 1. The maximum absolute atomic E-state index is 6.19. The Bertz CT molecular complexity index is 229. The Hall–Kier alpha value is -0.0800. The van der Waals surface area contributed by atoms with Crippen LogP contribution in [0.25, 0.3) is 0 Å². The lowest BCUT2D eigenvalue weighted by Gasteiger charge is -2.41. The normalized spacial score (nSPS) is 28.6. The number of rotatable bonds is 8. The van der Waals surface area contributed by atoms with Gasteiger partial charge in [-0.05, 0) is 45.2 Å². The van der Waals surface area contributed by atoms with Crippen LogP contribution in [-0.4, -0.2) is 30.6 Å². The van der Waals surface area contributed by atoms with Crippen molar-refractivity contribution in [3.63, 3.8) is 0 Å². The summed E-state index contributed by atoms with van der Waals surface area (Å²) in [5.41, 5.74) is 6.49. The summed E-state index contributed by atoms with van der Waals surface area (Å²) in [6.45, 7) is 6.66. The van der Waals surface area contributed by atoms with Gasteiger partial charge < -0.3 is 5.73 Å². The van der Waals surface area contributed by atoms with Gasteiger partial charge in [0.15, 0.2) is 0 Å². The van der Waals surface area contributed by atoms with Crippen molar-refractivity contribution in [3.8, 4) is 0 Å². The topological polar surface area (TPSA) is 29.3 Å². The summed E-state index contributed by atoms with van der Waals surface area (Å²) in [5, 5.41) is 0. The summed E-state index contributed by atoms with van der Waals surface area (Å²) in [5.74, 6) is 0.961. The van der Waals surface area contributed by atoms with Crippen molar-refractivity contribution in [2.75, 3.05) is 20.1 Å². The first-order valence-electron chi connectivity index (χ1n) is 8.59. The molecule has 0 amide bonds. The molecule has 19 heavy (non-hydrogen) atoms. The van der Waals surface area contributed by atoms with E-state index in [4.69, 9.17) is 5.73 Å². The van der Waals surface area contributed by atoms with Gasteiger partial charge in [0.25, 0.3) is 0 Å². The Kier molecular flexibility index (Phi) is 8.01. The molecule has 1 aliphatic rings. The molecule has 0 saturated heterocycles. The van der Waals surface area contributed by atoms with Crippen LogP contribution in [0.2, 0.25) is 0 Å². The average Bonchev–Trinajstić information content (AvgIpc) is 2.63. The molecule has 1 saturated carbocycles. The van der Waals surface area contributed by atoms with Crippen molar-refractivity contribution < 1.29 is 0 Å². The lowest BCUT2D eigenvalue weighted by atomic mass is 9.87. The largest absolute Gasteiger partial charge is 0.329 e. The predicted molar refractivity (Wildman–Crippen MR) is 85.4 cm³/mol. The molecular weight excluding hydrogens is 232 g/mol. The fourth-order valence-electron chi connectivity index (χ4n) is 3.74. The molecule has 1 rings (SSSR count). The first-order valence-corrected chi connectivity index (χ1v) is 8.59. The van der Waals surface area contributed by atoms with Crippen molar-refractivity contribution in [1.82, 2.24) is 4.90 Å². The highest BCUT2D eigenvalue weighted by molar-refractivity contribution is 4.93. The summed E-state index contributed by atoms with van der Waals surface area (Å²) in [6.07, 6.45) is 13.6. The van der Waals surface area contributed by atoms with E-state index < -0.39 is 0 Å². The smallest absolute Gasteiger partial charge is 0.0328 e. The van der Waals surface area contributed by atoms with Gasteiger partial charge in [0.2, 0.25) is 0 Å². The first-order chi connectivity index (χ1) is 9.18. The Morgan fingerprint density at radius 2 is 1.89 bits per heavy atom. The number of likely N-dealkylation sites (N-methyl/N-ethyl adjacent to an activating group) is 1. The van der Waals surface area contributed by atoms with Gasteiger partial charge in [-0.25, -0.2) is 0 Å². The van der Waals surface area contributed by atoms with Crippen LogP contribution >= 0.6 is 0 Å². The van der Waals surface area contributed by atoms with Gasteiger partial charge in [0.1, 0.15) is 0 Å². The van der Waals surface area contributed by atoms with Crippen molar-refractivity contribution in [2.45, 2.75) is 83.6 Å². The third-order valence-electron chi connectivity index (χ3n) is 5.26. The Morgan fingerprint density at radius 3 is 2.53 bits per heavy atom. The van der Waals surface area contributed by atoms with Crippen molar-refractivity contribution in [3.05, 3.63) is 0 Å². The first kappa shape index (κ1) is 17.0. The second-order valence-corrected chi connectivity index (χ2v) is 6.64. The molecule has 0 aromatic carbocycles. The third-order valence-corrected chi connectivity index (χ3v) is 5.26. The van der Waals surface area contributed by atoms with E-state index in [-0.39, 0.29) is 0 Å². The quantitative estimate of drug-likeness (QED) is 0.528. The molecular formula is C17H36N2. The van der Waals surface area contributed by atoms with Crippen molar-refractivity contribution >= 4 is 0 Å². The van der Waals surface area contributed by atoms with Crippen LogP contribution in [0.5, 0.6) is 0 Å². The summed E-state index contributed by atoms with van der Waals surface area (Å²) in [7, 11) is 2.31. The molecule has 2 N–H and O–H groups in total. The number of nitrogens with zero attached hydrogens (tertiary/aromatic N) is 1. The van der Waals surface area contributed by atoms with Crippen molar-refractivity contribution in [1.29, 1.82) is 0 Å². The van der Waals surface area contributed by atoms with E-state index >= 15 is 0 Å². The van der Waals surface area contributed by atoms with Gasteiger partial charge in [0.05, 0.1) is 0 Å². The zero-order valence-electron chi connectivity index (χ0n) is 13.6. The molecule has 1 fully saturated rings. The molecule has 2 heteroatoms. The van der Waals surface area contributed by atoms with E-state index in [2.05, 4.69) is 25.8 Å². The van der Waals surface area contributed by atoms with Crippen LogP contribution in [-0.2, 0) is 0 Å². The second kappa shape index (κ2) is 8.97. The van der Waals surface area contributed by atoms with Crippen LogP contribution in [0.15, 0.2) is 0 Å². The molecule has 0 radical (unpaired) electrons. The standard InChI is InChI=1S/C17H36N2/c1-4-6-7-14-19(3)17(15-18)12-8-10-16(9-5-2)11-13-17/h16H,4-15,18H2,1-3H3. The van der Waals surface area contributed by atoms with Gasteiger partial charge in [-0.15, -0.1) is 0 Å². The zero-order chi connectivity index (χ0) is 14.1. The monoisotopic (exact) mass is 268 g/mol. The molecule has 0 aromatic heterocycles. The van der Waals surface area contributed by atoms with E-state index in [0.29, 0.717) is 5.54 Å². The number of hydrogen-bond acceptors (Lipinski definition) is 2. The lowest BCUT2D eigenvalue weighted by molar-refractivity contribution is 0.104. The van der Waals surface area contributed by atoms with Crippen LogP contribution in [0.3, 0.4) is 0 Å². The molecule has 0 bridgehead atoms. The van der Waals surface area contributed by atoms with Crippen molar-refractivity contribution in [2.24, 2.45) is 11.7 Å². The highest BCUT2D eigenvalue weighted by atomic mass is 15.2. The molecule has 0 heterocycles. The second-order valence-electron chi connectivity index (χ2n) is 6.64. The van der Waals surface area contributed by atoms with Gasteiger partial charge in [-0.2, -0.15) is 0 Å². The van der Waals surface area contributed by atoms with Crippen LogP contribution in [0.1, 0.15) is 78.1 Å². The molecule has 114 valence electrons. The fourth-order valence-corrected chi connectivity index (χ4v) is 3.74. The van der Waals surface area contributed by atoms with Gasteiger partial charge in [-0.1, -0.05) is 52.4 Å². The maximum Gasteiger partial charge on any atom is 0.0328 e. The average molecular weight is 268 g/mol. The fraction of sp³-hybridized carbons (Fsp3) is 1.00. The molecule has 0 aromatic rings. The van der Waals surface area contributed by atoms with Gasteiger partial charge in [0, 0.05) is 12.1 Å². The predicted octanol–water partition coefficient (Wildman–Crippen LogP) is 4.19. The lowest BCUT2D eigenvalue weighted by Crippen LogP contribution is -2.52.